The van der Waals surface area contributed by atoms with Crippen LogP contribution >= 0.6 is 22.9 Å². The molecular weight excluding hydrogens is 314 g/mol. The van der Waals surface area contributed by atoms with Crippen molar-refractivity contribution in [2.45, 2.75) is 24.1 Å². The molecule has 0 amide bonds. The average Bonchev–Trinajstić information content (AvgIpc) is 3.02. The Morgan fingerprint density at radius 2 is 2.10 bits per heavy atom. The number of fused-ring (bicyclic) bond motifs is 1. The first-order valence-corrected chi connectivity index (χ1v) is 9.14. The van der Waals surface area contributed by atoms with Crippen LogP contribution in [0.2, 0.25) is 0 Å². The molecule has 0 aliphatic carbocycles. The monoisotopic (exact) mass is 327 g/mol. The molecule has 0 N–H and O–H groups in total. The summed E-state index contributed by atoms with van der Waals surface area (Å²) in [5.74, 6) is 0.225. The lowest BCUT2D eigenvalue weighted by Gasteiger charge is -2.20. The average molecular weight is 328 g/mol. The van der Waals surface area contributed by atoms with Crippen molar-refractivity contribution in [1.29, 1.82) is 0 Å². The van der Waals surface area contributed by atoms with Crippen LogP contribution in [-0.4, -0.2) is 15.0 Å². The zero-order valence-electron chi connectivity index (χ0n) is 11.0. The molecule has 0 atom stereocenters. The predicted molar refractivity (Wildman–Crippen MR) is 83.3 cm³/mol. The molecule has 2 heterocycles. The SMILES string of the molecule is Cc1csc(CCl)c1S(=O)(=O)N1CCc2ccccc21. The summed E-state index contributed by atoms with van der Waals surface area (Å²) in [6.07, 6.45) is 0.759. The van der Waals surface area contributed by atoms with Crippen LogP contribution in [0.25, 0.3) is 0 Å². The van der Waals surface area contributed by atoms with Gasteiger partial charge in [-0.1, -0.05) is 18.2 Å². The van der Waals surface area contributed by atoms with Crippen LogP contribution in [0.15, 0.2) is 34.5 Å². The number of nitrogens with zero attached hydrogens (tertiary/aromatic N) is 1. The maximum absolute atomic E-state index is 12.9. The maximum Gasteiger partial charge on any atom is 0.265 e. The van der Waals surface area contributed by atoms with Gasteiger partial charge in [-0.15, -0.1) is 22.9 Å². The lowest BCUT2D eigenvalue weighted by molar-refractivity contribution is 0.591. The molecule has 6 heteroatoms. The second-order valence-electron chi connectivity index (χ2n) is 4.76. The van der Waals surface area contributed by atoms with E-state index in [-0.39, 0.29) is 5.88 Å². The van der Waals surface area contributed by atoms with Crippen molar-refractivity contribution in [3.8, 4) is 0 Å². The Balaban J connectivity index is 2.13. The van der Waals surface area contributed by atoms with Crippen molar-refractivity contribution in [2.75, 3.05) is 10.8 Å². The number of sulfonamides is 1. The molecule has 20 heavy (non-hydrogen) atoms. The summed E-state index contributed by atoms with van der Waals surface area (Å²) in [4.78, 5) is 1.10. The summed E-state index contributed by atoms with van der Waals surface area (Å²) >= 11 is 7.29. The molecule has 2 aromatic rings. The van der Waals surface area contributed by atoms with Crippen LogP contribution in [0, 0.1) is 6.92 Å². The molecule has 106 valence electrons. The van der Waals surface area contributed by atoms with Crippen LogP contribution in [0.1, 0.15) is 16.0 Å². The maximum atomic E-state index is 12.9. The fourth-order valence-electron chi connectivity index (χ4n) is 2.59. The summed E-state index contributed by atoms with van der Waals surface area (Å²) in [5, 5.41) is 1.85. The molecule has 0 saturated carbocycles. The van der Waals surface area contributed by atoms with Gasteiger partial charge in [-0.3, -0.25) is 4.31 Å². The van der Waals surface area contributed by atoms with Gasteiger partial charge in [-0.2, -0.15) is 0 Å². The van der Waals surface area contributed by atoms with Gasteiger partial charge in [0.2, 0.25) is 0 Å². The molecule has 0 bridgehead atoms. The molecule has 1 aromatic heterocycles. The van der Waals surface area contributed by atoms with E-state index in [9.17, 15) is 8.42 Å². The second kappa shape index (κ2) is 5.06. The number of aryl methyl sites for hydroxylation is 1. The third-order valence-corrected chi connectivity index (χ3v) is 7.21. The van der Waals surface area contributed by atoms with E-state index in [1.165, 1.54) is 15.6 Å². The zero-order chi connectivity index (χ0) is 14.3. The van der Waals surface area contributed by atoms with Crippen LogP contribution < -0.4 is 4.31 Å². The number of halogens is 1. The van der Waals surface area contributed by atoms with Gasteiger partial charge in [0.25, 0.3) is 10.0 Å². The van der Waals surface area contributed by atoms with E-state index in [4.69, 9.17) is 11.6 Å². The first-order chi connectivity index (χ1) is 9.55. The highest BCUT2D eigenvalue weighted by atomic mass is 35.5. The van der Waals surface area contributed by atoms with Gasteiger partial charge < -0.3 is 0 Å². The van der Waals surface area contributed by atoms with E-state index < -0.39 is 10.0 Å². The van der Waals surface area contributed by atoms with Crippen molar-refractivity contribution >= 4 is 38.6 Å². The molecule has 0 saturated heterocycles. The molecule has 0 radical (unpaired) electrons. The number of hydrogen-bond acceptors (Lipinski definition) is 3. The van der Waals surface area contributed by atoms with Gasteiger partial charge in [-0.25, -0.2) is 8.42 Å². The Morgan fingerprint density at radius 1 is 1.35 bits per heavy atom. The third kappa shape index (κ3) is 2.05. The van der Waals surface area contributed by atoms with Crippen LogP contribution in [0.4, 0.5) is 5.69 Å². The Hall–Kier alpha value is -1.04. The Labute approximate surface area is 127 Å². The van der Waals surface area contributed by atoms with E-state index in [1.54, 1.807) is 0 Å². The Kier molecular flexibility index (Phi) is 3.52. The number of alkyl halides is 1. The third-order valence-electron chi connectivity index (χ3n) is 3.50. The molecular formula is C14H14ClNO2S2. The minimum absolute atomic E-state index is 0.225. The summed E-state index contributed by atoms with van der Waals surface area (Å²) in [5.41, 5.74) is 2.64. The van der Waals surface area contributed by atoms with E-state index in [0.29, 0.717) is 16.3 Å². The number of para-hydroxylation sites is 1. The standard InChI is InChI=1S/C14H14ClNO2S2/c1-10-9-19-13(8-15)14(10)20(17,18)16-7-6-11-4-2-3-5-12(11)16/h2-5,9H,6-8H2,1H3. The summed E-state index contributed by atoms with van der Waals surface area (Å²) < 4.78 is 27.4. The zero-order valence-corrected chi connectivity index (χ0v) is 13.4. The topological polar surface area (TPSA) is 37.4 Å². The first-order valence-electron chi connectivity index (χ1n) is 6.29. The van der Waals surface area contributed by atoms with Crippen molar-refractivity contribution in [2.24, 2.45) is 0 Å². The minimum Gasteiger partial charge on any atom is -0.266 e. The van der Waals surface area contributed by atoms with Crippen molar-refractivity contribution in [1.82, 2.24) is 0 Å². The van der Waals surface area contributed by atoms with Gasteiger partial charge in [0.15, 0.2) is 0 Å². The molecule has 1 aromatic carbocycles. The molecule has 3 rings (SSSR count). The summed E-state index contributed by atoms with van der Waals surface area (Å²) in [6.45, 7) is 2.32. The number of benzene rings is 1. The molecule has 1 aliphatic heterocycles. The highest BCUT2D eigenvalue weighted by molar-refractivity contribution is 7.93. The molecule has 0 fully saturated rings. The van der Waals surface area contributed by atoms with Crippen LogP contribution in [-0.2, 0) is 22.3 Å². The van der Waals surface area contributed by atoms with Gasteiger partial charge in [0, 0.05) is 11.4 Å². The fourth-order valence-corrected chi connectivity index (χ4v) is 6.11. The number of rotatable bonds is 3. The summed E-state index contributed by atoms with van der Waals surface area (Å²) in [6, 6.07) is 7.65. The molecule has 3 nitrogen and oxygen atoms in total. The molecule has 0 spiro atoms. The van der Waals surface area contributed by atoms with Gasteiger partial charge >= 0.3 is 0 Å². The smallest absolute Gasteiger partial charge is 0.265 e. The second-order valence-corrected chi connectivity index (χ2v) is 7.79. The van der Waals surface area contributed by atoms with Crippen molar-refractivity contribution in [3.05, 3.63) is 45.6 Å². The minimum atomic E-state index is -3.52. The highest BCUT2D eigenvalue weighted by Crippen LogP contribution is 2.37. The Bertz CT molecular complexity index is 752. The van der Waals surface area contributed by atoms with Crippen LogP contribution in [0.3, 0.4) is 0 Å². The number of hydrogen-bond donors (Lipinski definition) is 0. The number of thiophene rings is 1. The van der Waals surface area contributed by atoms with E-state index in [2.05, 4.69) is 0 Å². The normalized spacial score (nSPS) is 14.6. The number of anilines is 1. The molecule has 1 aliphatic rings. The summed E-state index contributed by atoms with van der Waals surface area (Å²) in [7, 11) is -3.52. The first kappa shape index (κ1) is 13.9. The predicted octanol–water partition coefficient (Wildman–Crippen LogP) is 3.55. The van der Waals surface area contributed by atoms with Crippen molar-refractivity contribution < 1.29 is 8.42 Å². The van der Waals surface area contributed by atoms with Gasteiger partial charge in [0.1, 0.15) is 4.90 Å². The molecule has 0 unspecified atom stereocenters. The lowest BCUT2D eigenvalue weighted by atomic mass is 10.2. The Morgan fingerprint density at radius 3 is 2.85 bits per heavy atom. The van der Waals surface area contributed by atoms with E-state index >= 15 is 0 Å². The van der Waals surface area contributed by atoms with E-state index in [0.717, 1.165) is 23.2 Å². The van der Waals surface area contributed by atoms with Crippen molar-refractivity contribution in [3.63, 3.8) is 0 Å². The van der Waals surface area contributed by atoms with E-state index in [1.807, 2.05) is 36.6 Å². The lowest BCUT2D eigenvalue weighted by Crippen LogP contribution is -2.29. The fraction of sp³-hybridized carbons (Fsp3) is 0.286. The van der Waals surface area contributed by atoms with Gasteiger partial charge in [-0.05, 0) is 35.9 Å². The van der Waals surface area contributed by atoms with Crippen LogP contribution in [0.5, 0.6) is 0 Å². The largest absolute Gasteiger partial charge is 0.266 e. The van der Waals surface area contributed by atoms with Gasteiger partial charge in [0.05, 0.1) is 11.6 Å². The quantitative estimate of drug-likeness (QED) is 0.808. The highest BCUT2D eigenvalue weighted by Gasteiger charge is 2.33.